The highest BCUT2D eigenvalue weighted by Gasteiger charge is 2.20. The summed E-state index contributed by atoms with van der Waals surface area (Å²) in [4.78, 5) is 17.5. The molecule has 0 aliphatic heterocycles. The molecule has 7 nitrogen and oxygen atoms in total. The monoisotopic (exact) mass is 240 g/mol. The number of hydrogen-bond donors (Lipinski definition) is 1. The Morgan fingerprint density at radius 3 is 2.71 bits per heavy atom. The lowest BCUT2D eigenvalue weighted by atomic mass is 10.1. The lowest BCUT2D eigenvalue weighted by Crippen LogP contribution is -2.16. The Kier molecular flexibility index (Phi) is 4.19. The average Bonchev–Trinajstić information content (AvgIpc) is 2.15. The van der Waals surface area contributed by atoms with Gasteiger partial charge in [-0.15, -0.1) is 0 Å². The molecule has 0 fully saturated rings. The minimum atomic E-state index is -0.586. The highest BCUT2D eigenvalue weighted by atomic mass is 16.6. The molecule has 0 amide bonds. The predicted molar refractivity (Wildman–Crippen MR) is 62.6 cm³/mol. The minimum absolute atomic E-state index is 0.0395. The third-order valence-electron chi connectivity index (χ3n) is 2.07. The van der Waals surface area contributed by atoms with E-state index in [1.54, 1.807) is 0 Å². The molecule has 0 aliphatic carbocycles. The van der Waals surface area contributed by atoms with Crippen LogP contribution in [-0.2, 0) is 0 Å². The second-order valence-electron chi connectivity index (χ2n) is 4.23. The molecule has 1 aromatic heterocycles. The molecular weight excluding hydrogens is 224 g/mol. The summed E-state index contributed by atoms with van der Waals surface area (Å²) in [6.07, 6.45) is 1.67. The van der Waals surface area contributed by atoms with Crippen molar-refractivity contribution in [2.24, 2.45) is 5.92 Å². The second kappa shape index (κ2) is 5.42. The van der Waals surface area contributed by atoms with E-state index in [4.69, 9.17) is 10.5 Å². The van der Waals surface area contributed by atoms with Gasteiger partial charge in [-0.3, -0.25) is 10.1 Å². The van der Waals surface area contributed by atoms with Crippen LogP contribution in [-0.4, -0.2) is 21.0 Å². The molecule has 2 N–H and O–H groups in total. The lowest BCUT2D eigenvalue weighted by molar-refractivity contribution is -0.386. The Bertz CT molecular complexity index is 409. The molecule has 1 heterocycles. The zero-order chi connectivity index (χ0) is 13.0. The van der Waals surface area contributed by atoms with E-state index in [-0.39, 0.29) is 23.6 Å². The summed E-state index contributed by atoms with van der Waals surface area (Å²) in [7, 11) is 0. The number of ether oxygens (including phenoxy) is 1. The van der Waals surface area contributed by atoms with Crippen molar-refractivity contribution < 1.29 is 9.66 Å². The standard InChI is InChI=1S/C10H16N4O3/c1-6(2)4-7(3)17-9-8(14(15)16)5-12-10(11)13-9/h5-7H,4H2,1-3H3,(H2,11,12,13). The van der Waals surface area contributed by atoms with E-state index in [0.717, 1.165) is 12.6 Å². The zero-order valence-electron chi connectivity index (χ0n) is 10.1. The summed E-state index contributed by atoms with van der Waals surface area (Å²) in [6, 6.07) is 0. The van der Waals surface area contributed by atoms with E-state index in [2.05, 4.69) is 9.97 Å². The maximum absolute atomic E-state index is 10.7. The van der Waals surface area contributed by atoms with Crippen molar-refractivity contribution >= 4 is 11.6 Å². The van der Waals surface area contributed by atoms with Crippen molar-refractivity contribution in [1.82, 2.24) is 9.97 Å². The van der Waals surface area contributed by atoms with Crippen molar-refractivity contribution in [2.75, 3.05) is 5.73 Å². The van der Waals surface area contributed by atoms with Gasteiger partial charge in [0.25, 0.3) is 5.88 Å². The minimum Gasteiger partial charge on any atom is -0.470 e. The van der Waals surface area contributed by atoms with Crippen LogP contribution < -0.4 is 10.5 Å². The summed E-state index contributed by atoms with van der Waals surface area (Å²) in [5, 5.41) is 10.7. The predicted octanol–water partition coefficient (Wildman–Crippen LogP) is 1.78. The summed E-state index contributed by atoms with van der Waals surface area (Å²) < 4.78 is 5.43. The molecule has 0 radical (unpaired) electrons. The topological polar surface area (TPSA) is 104 Å². The quantitative estimate of drug-likeness (QED) is 0.621. The summed E-state index contributed by atoms with van der Waals surface area (Å²) in [5.74, 6) is 0.321. The molecule has 0 saturated heterocycles. The first-order valence-electron chi connectivity index (χ1n) is 5.33. The molecule has 0 aromatic carbocycles. The Morgan fingerprint density at radius 2 is 2.18 bits per heavy atom. The van der Waals surface area contributed by atoms with E-state index in [9.17, 15) is 10.1 Å². The maximum atomic E-state index is 10.7. The molecule has 0 spiro atoms. The first kappa shape index (κ1) is 13.1. The van der Waals surface area contributed by atoms with Gasteiger partial charge in [-0.05, 0) is 19.3 Å². The van der Waals surface area contributed by atoms with Gasteiger partial charge in [0, 0.05) is 0 Å². The fourth-order valence-corrected chi connectivity index (χ4v) is 1.49. The molecule has 1 rings (SSSR count). The van der Waals surface area contributed by atoms with Crippen LogP contribution in [0.4, 0.5) is 11.6 Å². The fraction of sp³-hybridized carbons (Fsp3) is 0.600. The van der Waals surface area contributed by atoms with Gasteiger partial charge >= 0.3 is 5.69 Å². The van der Waals surface area contributed by atoms with Crippen LogP contribution in [0.25, 0.3) is 0 Å². The fourth-order valence-electron chi connectivity index (χ4n) is 1.49. The van der Waals surface area contributed by atoms with Crippen LogP contribution in [0, 0.1) is 16.0 Å². The van der Waals surface area contributed by atoms with Gasteiger partial charge in [0.2, 0.25) is 5.95 Å². The van der Waals surface area contributed by atoms with E-state index < -0.39 is 4.92 Å². The van der Waals surface area contributed by atoms with Crippen LogP contribution >= 0.6 is 0 Å². The number of hydrogen-bond acceptors (Lipinski definition) is 6. The Balaban J connectivity index is 2.88. The molecule has 94 valence electrons. The second-order valence-corrected chi connectivity index (χ2v) is 4.23. The number of nitrogens with two attached hydrogens (primary N) is 1. The highest BCUT2D eigenvalue weighted by Crippen LogP contribution is 2.25. The molecule has 0 bridgehead atoms. The van der Waals surface area contributed by atoms with E-state index in [1.165, 1.54) is 0 Å². The third-order valence-corrected chi connectivity index (χ3v) is 2.07. The first-order valence-corrected chi connectivity index (χ1v) is 5.33. The smallest absolute Gasteiger partial charge is 0.349 e. The van der Waals surface area contributed by atoms with E-state index >= 15 is 0 Å². The Hall–Kier alpha value is -1.92. The number of anilines is 1. The normalized spacial score (nSPS) is 12.5. The number of nitro groups is 1. The number of aromatic nitrogens is 2. The van der Waals surface area contributed by atoms with Gasteiger partial charge in [0.15, 0.2) is 0 Å². The molecule has 1 atom stereocenters. The van der Waals surface area contributed by atoms with Crippen molar-refractivity contribution in [3.05, 3.63) is 16.3 Å². The molecule has 0 saturated carbocycles. The number of nitrogens with zero attached hydrogens (tertiary/aromatic N) is 3. The van der Waals surface area contributed by atoms with Crippen molar-refractivity contribution in [3.8, 4) is 5.88 Å². The van der Waals surface area contributed by atoms with Gasteiger partial charge in [-0.2, -0.15) is 4.98 Å². The molecule has 1 unspecified atom stereocenters. The van der Waals surface area contributed by atoms with Gasteiger partial charge in [0.05, 0.1) is 11.0 Å². The zero-order valence-corrected chi connectivity index (χ0v) is 10.1. The third kappa shape index (κ3) is 3.86. The Morgan fingerprint density at radius 1 is 1.53 bits per heavy atom. The first-order chi connectivity index (χ1) is 7.90. The van der Waals surface area contributed by atoms with E-state index in [1.807, 2.05) is 20.8 Å². The van der Waals surface area contributed by atoms with Crippen LogP contribution in [0.15, 0.2) is 6.20 Å². The van der Waals surface area contributed by atoms with Gasteiger partial charge in [-0.25, -0.2) is 4.98 Å². The summed E-state index contributed by atoms with van der Waals surface area (Å²) in [5.41, 5.74) is 5.11. The maximum Gasteiger partial charge on any atom is 0.349 e. The largest absolute Gasteiger partial charge is 0.470 e. The highest BCUT2D eigenvalue weighted by molar-refractivity contribution is 5.41. The molecule has 0 aliphatic rings. The van der Waals surface area contributed by atoms with Gasteiger partial charge < -0.3 is 10.5 Å². The number of nitrogen functional groups attached to an aromatic ring is 1. The molecular formula is C10H16N4O3. The summed E-state index contributed by atoms with van der Waals surface area (Å²) >= 11 is 0. The molecule has 7 heteroatoms. The molecule has 17 heavy (non-hydrogen) atoms. The van der Waals surface area contributed by atoms with Crippen molar-refractivity contribution in [1.29, 1.82) is 0 Å². The van der Waals surface area contributed by atoms with Crippen LogP contribution in [0.5, 0.6) is 5.88 Å². The number of rotatable bonds is 5. The van der Waals surface area contributed by atoms with Gasteiger partial charge in [-0.1, -0.05) is 13.8 Å². The van der Waals surface area contributed by atoms with Crippen LogP contribution in [0.1, 0.15) is 27.2 Å². The summed E-state index contributed by atoms with van der Waals surface area (Å²) in [6.45, 7) is 5.92. The van der Waals surface area contributed by atoms with Gasteiger partial charge in [0.1, 0.15) is 6.20 Å². The van der Waals surface area contributed by atoms with Crippen molar-refractivity contribution in [3.63, 3.8) is 0 Å². The SMILES string of the molecule is CC(C)CC(C)Oc1nc(N)ncc1[N+](=O)[O-]. The van der Waals surface area contributed by atoms with E-state index in [0.29, 0.717) is 5.92 Å². The van der Waals surface area contributed by atoms with Crippen molar-refractivity contribution in [2.45, 2.75) is 33.3 Å². The Labute approximate surface area is 99.2 Å². The molecule has 1 aromatic rings. The van der Waals surface area contributed by atoms with Crippen LogP contribution in [0.3, 0.4) is 0 Å². The van der Waals surface area contributed by atoms with Crippen LogP contribution in [0.2, 0.25) is 0 Å². The average molecular weight is 240 g/mol. The lowest BCUT2D eigenvalue weighted by Gasteiger charge is -2.15.